The van der Waals surface area contributed by atoms with Gasteiger partial charge in [-0.05, 0) is 44.4 Å². The Bertz CT molecular complexity index is 688. The fraction of sp³-hybridized carbons (Fsp3) is 0.500. The molecule has 0 aliphatic carbocycles. The van der Waals surface area contributed by atoms with E-state index in [9.17, 15) is 4.79 Å². The SMILES string of the molecule is CCC(C(=O)Nc1cc(C)on1)N1CCC(CNc2ccccn2)C1. The lowest BCUT2D eigenvalue weighted by Crippen LogP contribution is -2.42. The summed E-state index contributed by atoms with van der Waals surface area (Å²) in [5, 5.41) is 10.1. The van der Waals surface area contributed by atoms with Crippen LogP contribution in [-0.2, 0) is 4.79 Å². The molecule has 7 nitrogen and oxygen atoms in total. The summed E-state index contributed by atoms with van der Waals surface area (Å²) in [7, 11) is 0. The average Bonchev–Trinajstić information content (AvgIpc) is 3.24. The fourth-order valence-electron chi connectivity index (χ4n) is 3.27. The van der Waals surface area contributed by atoms with Crippen LogP contribution in [0.25, 0.3) is 0 Å². The maximum atomic E-state index is 12.6. The van der Waals surface area contributed by atoms with E-state index >= 15 is 0 Å². The standard InChI is InChI=1S/C18H25N5O2/c1-3-15(18(24)21-17-10-13(2)25-22-17)23-9-7-14(12-23)11-20-16-6-4-5-8-19-16/h4-6,8,10,14-15H,3,7,9,11-12H2,1-2H3,(H,19,20)(H,21,22,24). The number of hydrogen-bond donors (Lipinski definition) is 2. The first-order chi connectivity index (χ1) is 12.2. The van der Waals surface area contributed by atoms with Gasteiger partial charge >= 0.3 is 0 Å². The van der Waals surface area contributed by atoms with Crippen LogP contribution in [0, 0.1) is 12.8 Å². The summed E-state index contributed by atoms with van der Waals surface area (Å²) in [6.45, 7) is 6.55. The predicted octanol–water partition coefficient (Wildman–Crippen LogP) is 2.53. The van der Waals surface area contributed by atoms with Gasteiger partial charge in [-0.1, -0.05) is 18.1 Å². The second-order valence-electron chi connectivity index (χ2n) is 6.48. The maximum absolute atomic E-state index is 12.6. The second kappa shape index (κ2) is 8.11. The lowest BCUT2D eigenvalue weighted by atomic mass is 10.1. The van der Waals surface area contributed by atoms with E-state index in [1.807, 2.05) is 25.1 Å². The Morgan fingerprint density at radius 2 is 2.32 bits per heavy atom. The van der Waals surface area contributed by atoms with Crippen LogP contribution in [0.3, 0.4) is 0 Å². The molecule has 1 saturated heterocycles. The Balaban J connectivity index is 1.51. The van der Waals surface area contributed by atoms with Crippen molar-refractivity contribution in [3.05, 3.63) is 36.2 Å². The van der Waals surface area contributed by atoms with Gasteiger partial charge in [0, 0.05) is 25.4 Å². The largest absolute Gasteiger partial charge is 0.370 e. The topological polar surface area (TPSA) is 83.3 Å². The minimum absolute atomic E-state index is 0.0193. The van der Waals surface area contributed by atoms with Crippen molar-refractivity contribution in [3.8, 4) is 0 Å². The Labute approximate surface area is 147 Å². The molecule has 2 N–H and O–H groups in total. The van der Waals surface area contributed by atoms with Gasteiger partial charge in [0.1, 0.15) is 11.6 Å². The van der Waals surface area contributed by atoms with Crippen LogP contribution in [0.5, 0.6) is 0 Å². The third-order valence-corrected chi connectivity index (χ3v) is 4.56. The van der Waals surface area contributed by atoms with Crippen molar-refractivity contribution in [3.63, 3.8) is 0 Å². The molecule has 1 aliphatic heterocycles. The number of aromatic nitrogens is 2. The van der Waals surface area contributed by atoms with Crippen molar-refractivity contribution >= 4 is 17.5 Å². The minimum Gasteiger partial charge on any atom is -0.370 e. The molecule has 2 unspecified atom stereocenters. The maximum Gasteiger partial charge on any atom is 0.242 e. The molecule has 0 saturated carbocycles. The molecular weight excluding hydrogens is 318 g/mol. The quantitative estimate of drug-likeness (QED) is 0.804. The molecule has 1 fully saturated rings. The van der Waals surface area contributed by atoms with Gasteiger partial charge in [0.2, 0.25) is 5.91 Å². The molecule has 0 spiro atoms. The number of likely N-dealkylation sites (tertiary alicyclic amines) is 1. The van der Waals surface area contributed by atoms with Crippen molar-refractivity contribution in [1.29, 1.82) is 0 Å². The highest BCUT2D eigenvalue weighted by atomic mass is 16.5. The van der Waals surface area contributed by atoms with E-state index in [-0.39, 0.29) is 11.9 Å². The molecule has 3 heterocycles. The van der Waals surface area contributed by atoms with Crippen molar-refractivity contribution in [2.24, 2.45) is 5.92 Å². The van der Waals surface area contributed by atoms with Gasteiger partial charge in [-0.15, -0.1) is 0 Å². The molecule has 134 valence electrons. The highest BCUT2D eigenvalue weighted by Crippen LogP contribution is 2.21. The number of amides is 1. The highest BCUT2D eigenvalue weighted by molar-refractivity contribution is 5.94. The number of nitrogens with zero attached hydrogens (tertiary/aromatic N) is 3. The molecule has 1 amide bonds. The summed E-state index contributed by atoms with van der Waals surface area (Å²) in [5.41, 5.74) is 0. The lowest BCUT2D eigenvalue weighted by Gasteiger charge is -2.25. The van der Waals surface area contributed by atoms with Gasteiger partial charge in [0.15, 0.2) is 5.82 Å². The van der Waals surface area contributed by atoms with E-state index in [1.54, 1.807) is 19.2 Å². The number of carbonyl (C=O) groups excluding carboxylic acids is 1. The van der Waals surface area contributed by atoms with E-state index in [0.29, 0.717) is 17.5 Å². The van der Waals surface area contributed by atoms with Gasteiger partial charge in [0.25, 0.3) is 0 Å². The Hall–Kier alpha value is -2.41. The van der Waals surface area contributed by atoms with Crippen LogP contribution in [0.1, 0.15) is 25.5 Å². The van der Waals surface area contributed by atoms with Gasteiger partial charge in [0.05, 0.1) is 6.04 Å². The highest BCUT2D eigenvalue weighted by Gasteiger charge is 2.31. The zero-order valence-electron chi connectivity index (χ0n) is 14.7. The molecule has 25 heavy (non-hydrogen) atoms. The van der Waals surface area contributed by atoms with E-state index < -0.39 is 0 Å². The molecule has 3 rings (SSSR count). The first-order valence-electron chi connectivity index (χ1n) is 8.79. The molecule has 2 aromatic rings. The van der Waals surface area contributed by atoms with E-state index in [2.05, 4.69) is 25.7 Å². The Morgan fingerprint density at radius 1 is 1.44 bits per heavy atom. The smallest absolute Gasteiger partial charge is 0.242 e. The Kier molecular flexibility index (Phi) is 5.65. The van der Waals surface area contributed by atoms with Crippen LogP contribution < -0.4 is 10.6 Å². The van der Waals surface area contributed by atoms with Crippen LogP contribution in [0.2, 0.25) is 0 Å². The lowest BCUT2D eigenvalue weighted by molar-refractivity contribution is -0.121. The summed E-state index contributed by atoms with van der Waals surface area (Å²) >= 11 is 0. The molecule has 2 aromatic heterocycles. The van der Waals surface area contributed by atoms with Gasteiger partial charge < -0.3 is 15.2 Å². The summed E-state index contributed by atoms with van der Waals surface area (Å²) in [4.78, 5) is 19.1. The van der Waals surface area contributed by atoms with Crippen molar-refractivity contribution in [2.45, 2.75) is 32.7 Å². The third kappa shape index (κ3) is 4.57. The first kappa shape index (κ1) is 17.4. The monoisotopic (exact) mass is 343 g/mol. The number of nitrogens with one attached hydrogen (secondary N) is 2. The third-order valence-electron chi connectivity index (χ3n) is 4.56. The minimum atomic E-state index is -0.142. The summed E-state index contributed by atoms with van der Waals surface area (Å²) in [6, 6.07) is 7.43. The fourth-order valence-corrected chi connectivity index (χ4v) is 3.27. The number of anilines is 2. The number of aryl methyl sites for hydroxylation is 1. The second-order valence-corrected chi connectivity index (χ2v) is 6.48. The Morgan fingerprint density at radius 3 is 3.00 bits per heavy atom. The summed E-state index contributed by atoms with van der Waals surface area (Å²) in [6.07, 6.45) is 3.63. The molecule has 2 atom stereocenters. The predicted molar refractivity (Wildman–Crippen MR) is 96.4 cm³/mol. The molecule has 0 bridgehead atoms. The molecule has 0 radical (unpaired) electrons. The van der Waals surface area contributed by atoms with Gasteiger partial charge in [-0.3, -0.25) is 9.69 Å². The summed E-state index contributed by atoms with van der Waals surface area (Å²) < 4.78 is 5.00. The number of pyridine rings is 1. The van der Waals surface area contributed by atoms with Gasteiger partial charge in [-0.25, -0.2) is 4.98 Å². The van der Waals surface area contributed by atoms with Crippen LogP contribution in [-0.4, -0.2) is 46.6 Å². The van der Waals surface area contributed by atoms with E-state index in [1.165, 1.54) is 0 Å². The number of carbonyl (C=O) groups is 1. The van der Waals surface area contributed by atoms with Crippen molar-refractivity contribution in [2.75, 3.05) is 30.3 Å². The average molecular weight is 343 g/mol. The molecule has 7 heteroatoms. The zero-order valence-corrected chi connectivity index (χ0v) is 14.7. The summed E-state index contributed by atoms with van der Waals surface area (Å²) in [5.74, 6) is 2.55. The molecule has 0 aromatic carbocycles. The number of hydrogen-bond acceptors (Lipinski definition) is 6. The molecular formula is C18H25N5O2. The first-order valence-corrected chi connectivity index (χ1v) is 8.79. The van der Waals surface area contributed by atoms with E-state index in [4.69, 9.17) is 4.52 Å². The zero-order chi connectivity index (χ0) is 17.6. The normalized spacial score (nSPS) is 18.9. The van der Waals surface area contributed by atoms with Crippen LogP contribution in [0.15, 0.2) is 35.0 Å². The van der Waals surface area contributed by atoms with Crippen LogP contribution >= 0.6 is 0 Å². The van der Waals surface area contributed by atoms with Crippen molar-refractivity contribution in [1.82, 2.24) is 15.0 Å². The van der Waals surface area contributed by atoms with Gasteiger partial charge in [-0.2, -0.15) is 0 Å². The van der Waals surface area contributed by atoms with Crippen LogP contribution in [0.4, 0.5) is 11.6 Å². The van der Waals surface area contributed by atoms with Crippen molar-refractivity contribution < 1.29 is 9.32 Å². The number of rotatable bonds is 7. The van der Waals surface area contributed by atoms with E-state index in [0.717, 1.165) is 38.3 Å². The molecule has 1 aliphatic rings.